The Morgan fingerprint density at radius 2 is 2.00 bits per heavy atom. The number of ether oxygens (including phenoxy) is 1. The summed E-state index contributed by atoms with van der Waals surface area (Å²) in [6.07, 6.45) is 4.58. The van der Waals surface area contributed by atoms with Crippen molar-refractivity contribution < 1.29 is 4.74 Å². The van der Waals surface area contributed by atoms with Crippen molar-refractivity contribution in [2.24, 2.45) is 5.73 Å². The van der Waals surface area contributed by atoms with E-state index in [9.17, 15) is 0 Å². The predicted molar refractivity (Wildman–Crippen MR) is 87.3 cm³/mol. The summed E-state index contributed by atoms with van der Waals surface area (Å²) in [4.78, 5) is 3.07. The lowest BCUT2D eigenvalue weighted by molar-refractivity contribution is 0.202. The highest BCUT2D eigenvalue weighted by molar-refractivity contribution is 7.80. The molecule has 0 amide bonds. The molecule has 1 aromatic rings. The van der Waals surface area contributed by atoms with Crippen LogP contribution in [0.4, 0.5) is 0 Å². The van der Waals surface area contributed by atoms with Gasteiger partial charge in [0.05, 0.1) is 4.99 Å². The summed E-state index contributed by atoms with van der Waals surface area (Å²) in [6.45, 7) is 5.19. The van der Waals surface area contributed by atoms with Gasteiger partial charge in [-0.3, -0.25) is 4.90 Å². The molecule has 110 valence electrons. The molecular formula is C16H24N2OS. The summed E-state index contributed by atoms with van der Waals surface area (Å²) in [5, 5.41) is 0. The van der Waals surface area contributed by atoms with Crippen LogP contribution in [0.25, 0.3) is 0 Å². The van der Waals surface area contributed by atoms with Crippen LogP contribution in [-0.4, -0.2) is 35.6 Å². The van der Waals surface area contributed by atoms with Crippen LogP contribution in [-0.2, 0) is 6.42 Å². The first-order chi connectivity index (χ1) is 9.69. The van der Waals surface area contributed by atoms with E-state index in [1.165, 1.54) is 25.8 Å². The number of benzene rings is 1. The lowest BCUT2D eigenvalue weighted by atomic mass is 10.1. The number of rotatable bonds is 9. The Morgan fingerprint density at radius 1 is 1.30 bits per heavy atom. The third kappa shape index (κ3) is 5.10. The average Bonchev–Trinajstić information content (AvgIpc) is 3.23. The molecule has 1 fully saturated rings. The zero-order valence-corrected chi connectivity index (χ0v) is 13.0. The standard InChI is InChI=1S/C16H24N2OS/c1-2-9-18(14-5-6-14)10-11-19-15-7-3-13(4-8-15)12-16(17)20/h3-4,7-8,14H,2,5-6,9-12H2,1H3,(H2,17,20). The van der Waals surface area contributed by atoms with Gasteiger partial charge in [-0.25, -0.2) is 0 Å². The van der Waals surface area contributed by atoms with Crippen molar-refractivity contribution in [3.63, 3.8) is 0 Å². The molecular weight excluding hydrogens is 268 g/mol. The predicted octanol–water partition coefficient (Wildman–Crippen LogP) is 2.77. The Hall–Kier alpha value is -1.13. The molecule has 20 heavy (non-hydrogen) atoms. The van der Waals surface area contributed by atoms with Gasteiger partial charge in [0, 0.05) is 19.0 Å². The third-order valence-electron chi connectivity index (χ3n) is 3.52. The van der Waals surface area contributed by atoms with Gasteiger partial charge in [-0.05, 0) is 43.5 Å². The lowest BCUT2D eigenvalue weighted by Gasteiger charge is -2.21. The Kier molecular flexibility index (Phi) is 5.80. The molecule has 1 saturated carbocycles. The van der Waals surface area contributed by atoms with Gasteiger partial charge < -0.3 is 10.5 Å². The summed E-state index contributed by atoms with van der Waals surface area (Å²) in [5.41, 5.74) is 6.67. The summed E-state index contributed by atoms with van der Waals surface area (Å²) in [5.74, 6) is 0.920. The van der Waals surface area contributed by atoms with Crippen LogP contribution in [0.1, 0.15) is 31.7 Å². The van der Waals surface area contributed by atoms with E-state index in [-0.39, 0.29) is 0 Å². The van der Waals surface area contributed by atoms with E-state index >= 15 is 0 Å². The van der Waals surface area contributed by atoms with Crippen molar-refractivity contribution in [3.05, 3.63) is 29.8 Å². The van der Waals surface area contributed by atoms with E-state index in [0.29, 0.717) is 11.4 Å². The van der Waals surface area contributed by atoms with Gasteiger partial charge in [-0.1, -0.05) is 31.3 Å². The smallest absolute Gasteiger partial charge is 0.119 e. The molecule has 0 aliphatic heterocycles. The number of hydrogen-bond donors (Lipinski definition) is 1. The fourth-order valence-corrected chi connectivity index (χ4v) is 2.56. The van der Waals surface area contributed by atoms with E-state index in [1.54, 1.807) is 0 Å². The van der Waals surface area contributed by atoms with E-state index in [4.69, 9.17) is 22.7 Å². The van der Waals surface area contributed by atoms with Gasteiger partial charge >= 0.3 is 0 Å². The van der Waals surface area contributed by atoms with Crippen molar-refractivity contribution >= 4 is 17.2 Å². The van der Waals surface area contributed by atoms with Crippen LogP contribution in [0.3, 0.4) is 0 Å². The molecule has 0 radical (unpaired) electrons. The first-order valence-corrected chi connectivity index (χ1v) is 7.84. The van der Waals surface area contributed by atoms with Gasteiger partial charge in [-0.2, -0.15) is 0 Å². The second-order valence-corrected chi connectivity index (χ2v) is 5.93. The second-order valence-electron chi connectivity index (χ2n) is 5.40. The Bertz CT molecular complexity index is 429. The summed E-state index contributed by atoms with van der Waals surface area (Å²) in [7, 11) is 0. The molecule has 0 spiro atoms. The number of nitrogens with zero attached hydrogens (tertiary/aromatic N) is 1. The van der Waals surface area contributed by atoms with Crippen LogP contribution >= 0.6 is 12.2 Å². The molecule has 0 saturated heterocycles. The van der Waals surface area contributed by atoms with Gasteiger partial charge in [0.1, 0.15) is 12.4 Å². The summed E-state index contributed by atoms with van der Waals surface area (Å²) < 4.78 is 5.81. The Balaban J connectivity index is 1.74. The van der Waals surface area contributed by atoms with Crippen molar-refractivity contribution in [3.8, 4) is 5.75 Å². The highest BCUT2D eigenvalue weighted by Crippen LogP contribution is 2.26. The maximum atomic E-state index is 5.81. The lowest BCUT2D eigenvalue weighted by Crippen LogP contribution is -2.31. The zero-order chi connectivity index (χ0) is 14.4. The second kappa shape index (κ2) is 7.60. The summed E-state index contributed by atoms with van der Waals surface area (Å²) in [6, 6.07) is 8.86. The Labute approximate surface area is 127 Å². The minimum Gasteiger partial charge on any atom is -0.492 e. The van der Waals surface area contributed by atoms with E-state index in [0.717, 1.165) is 30.5 Å². The average molecular weight is 292 g/mol. The topological polar surface area (TPSA) is 38.5 Å². The SMILES string of the molecule is CCCN(CCOc1ccc(CC(N)=S)cc1)C1CC1. The van der Waals surface area contributed by atoms with Crippen molar-refractivity contribution in [1.82, 2.24) is 4.90 Å². The molecule has 0 unspecified atom stereocenters. The molecule has 1 aliphatic rings. The quantitative estimate of drug-likeness (QED) is 0.710. The molecule has 4 heteroatoms. The van der Waals surface area contributed by atoms with Gasteiger partial charge in [0.2, 0.25) is 0 Å². The highest BCUT2D eigenvalue weighted by Gasteiger charge is 2.27. The monoisotopic (exact) mass is 292 g/mol. The van der Waals surface area contributed by atoms with E-state index in [2.05, 4.69) is 11.8 Å². The molecule has 0 aromatic heterocycles. The molecule has 2 N–H and O–H groups in total. The van der Waals surface area contributed by atoms with E-state index < -0.39 is 0 Å². The number of hydrogen-bond acceptors (Lipinski definition) is 3. The molecule has 1 aromatic carbocycles. The van der Waals surface area contributed by atoms with Crippen molar-refractivity contribution in [2.45, 2.75) is 38.6 Å². The largest absolute Gasteiger partial charge is 0.492 e. The first-order valence-electron chi connectivity index (χ1n) is 7.43. The minimum absolute atomic E-state index is 0.526. The van der Waals surface area contributed by atoms with Crippen LogP contribution in [0.5, 0.6) is 5.75 Å². The maximum absolute atomic E-state index is 5.81. The number of thiocarbonyl (C=S) groups is 1. The fourth-order valence-electron chi connectivity index (χ4n) is 2.39. The van der Waals surface area contributed by atoms with Crippen LogP contribution < -0.4 is 10.5 Å². The normalized spacial score (nSPS) is 14.5. The Morgan fingerprint density at radius 3 is 2.55 bits per heavy atom. The fraction of sp³-hybridized carbons (Fsp3) is 0.562. The minimum atomic E-state index is 0.526. The maximum Gasteiger partial charge on any atom is 0.119 e. The number of nitrogens with two attached hydrogens (primary N) is 1. The van der Waals surface area contributed by atoms with Crippen molar-refractivity contribution in [1.29, 1.82) is 0 Å². The molecule has 0 atom stereocenters. The summed E-state index contributed by atoms with van der Waals surface area (Å²) >= 11 is 4.91. The highest BCUT2D eigenvalue weighted by atomic mass is 32.1. The molecule has 3 nitrogen and oxygen atoms in total. The molecule has 0 bridgehead atoms. The van der Waals surface area contributed by atoms with Gasteiger partial charge in [-0.15, -0.1) is 0 Å². The van der Waals surface area contributed by atoms with Crippen LogP contribution in [0, 0.1) is 0 Å². The van der Waals surface area contributed by atoms with Crippen LogP contribution in [0.2, 0.25) is 0 Å². The molecule has 1 aliphatic carbocycles. The van der Waals surface area contributed by atoms with Crippen molar-refractivity contribution in [2.75, 3.05) is 19.7 Å². The van der Waals surface area contributed by atoms with Crippen LogP contribution in [0.15, 0.2) is 24.3 Å². The molecule has 2 rings (SSSR count). The van der Waals surface area contributed by atoms with E-state index in [1.807, 2.05) is 24.3 Å². The first kappa shape index (κ1) is 15.3. The molecule has 0 heterocycles. The van der Waals surface area contributed by atoms with Gasteiger partial charge in [0.25, 0.3) is 0 Å². The third-order valence-corrected chi connectivity index (χ3v) is 3.67. The zero-order valence-electron chi connectivity index (χ0n) is 12.2. The van der Waals surface area contributed by atoms with Gasteiger partial charge in [0.15, 0.2) is 0 Å².